The maximum absolute atomic E-state index is 15.3. The molecule has 6 rings (SSSR count). The van der Waals surface area contributed by atoms with Crippen LogP contribution in [-0.4, -0.2) is 0 Å². The van der Waals surface area contributed by atoms with Crippen LogP contribution in [0.15, 0.2) is 102 Å². The van der Waals surface area contributed by atoms with Crippen molar-refractivity contribution >= 4 is 21.9 Å². The van der Waals surface area contributed by atoms with Gasteiger partial charge in [0.25, 0.3) is 0 Å². The van der Waals surface area contributed by atoms with Crippen LogP contribution in [0.4, 0.5) is 8.78 Å². The Morgan fingerprint density at radius 3 is 2.03 bits per heavy atom. The third-order valence-electron chi connectivity index (χ3n) is 6.62. The number of nitrogens with zero attached hydrogens (tertiary/aromatic N) is 1. The normalized spacial score (nSPS) is 11.4. The molecule has 170 valence electrons. The van der Waals surface area contributed by atoms with Gasteiger partial charge < -0.3 is 4.42 Å². The smallest absolute Gasteiger partial charge is 0.219 e. The van der Waals surface area contributed by atoms with Crippen molar-refractivity contribution in [1.82, 2.24) is 0 Å². The number of fused-ring (bicyclic) bond motifs is 3. The van der Waals surface area contributed by atoms with E-state index in [4.69, 9.17) is 4.42 Å². The molecule has 4 aromatic carbocycles. The highest BCUT2D eigenvalue weighted by Gasteiger charge is 2.23. The van der Waals surface area contributed by atoms with E-state index in [0.29, 0.717) is 22.4 Å². The van der Waals surface area contributed by atoms with Crippen molar-refractivity contribution in [3.05, 3.63) is 114 Å². The van der Waals surface area contributed by atoms with Gasteiger partial charge in [-0.1, -0.05) is 66.7 Å². The van der Waals surface area contributed by atoms with Crippen molar-refractivity contribution in [2.24, 2.45) is 7.05 Å². The minimum atomic E-state index is -0.349. The van der Waals surface area contributed by atoms with Gasteiger partial charge in [-0.2, -0.15) is 0 Å². The summed E-state index contributed by atoms with van der Waals surface area (Å²) in [6, 6.07) is 28.0. The molecule has 0 amide bonds. The van der Waals surface area contributed by atoms with E-state index >= 15 is 4.39 Å². The summed E-state index contributed by atoms with van der Waals surface area (Å²) in [7, 11) is 1.87. The standard InChI is InChI=1S/C31H22F2NO/c1-19-8-13-24-25-14-15-26(33)29(22-11-9-21(10-12-22)20-6-4-3-5-7-20)31(25)35-30(24)28(19)27-18-23(32)16-17-34(27)2/h3-18H,1-2H3/q+1. The molecule has 0 unspecified atom stereocenters. The fourth-order valence-corrected chi connectivity index (χ4v) is 4.82. The summed E-state index contributed by atoms with van der Waals surface area (Å²) in [6.07, 6.45) is 1.69. The van der Waals surface area contributed by atoms with Crippen LogP contribution in [0.25, 0.3) is 55.4 Å². The molecule has 0 radical (unpaired) electrons. The molecule has 0 aliphatic rings. The van der Waals surface area contributed by atoms with Crippen molar-refractivity contribution in [2.45, 2.75) is 6.92 Å². The average molecular weight is 463 g/mol. The molecule has 2 heterocycles. The van der Waals surface area contributed by atoms with Crippen LogP contribution in [0, 0.1) is 18.6 Å². The summed E-state index contributed by atoms with van der Waals surface area (Å²) in [6.45, 7) is 1.97. The van der Waals surface area contributed by atoms with Crippen molar-refractivity contribution in [1.29, 1.82) is 0 Å². The van der Waals surface area contributed by atoms with Crippen LogP contribution in [0.2, 0.25) is 0 Å². The van der Waals surface area contributed by atoms with Gasteiger partial charge in [0.1, 0.15) is 29.8 Å². The molecular formula is C31H22F2NO+. The number of benzene rings is 4. The van der Waals surface area contributed by atoms with E-state index in [0.717, 1.165) is 38.6 Å². The lowest BCUT2D eigenvalue weighted by molar-refractivity contribution is -0.660. The number of pyridine rings is 1. The zero-order chi connectivity index (χ0) is 24.1. The predicted octanol–water partition coefficient (Wildman–Crippen LogP) is 8.00. The van der Waals surface area contributed by atoms with E-state index in [2.05, 4.69) is 0 Å². The summed E-state index contributed by atoms with van der Waals surface area (Å²) in [4.78, 5) is 0. The lowest BCUT2D eigenvalue weighted by Gasteiger charge is -2.07. The van der Waals surface area contributed by atoms with Crippen LogP contribution in [0.5, 0.6) is 0 Å². The van der Waals surface area contributed by atoms with E-state index in [-0.39, 0.29) is 11.6 Å². The topological polar surface area (TPSA) is 17.0 Å². The Hall–Kier alpha value is -4.31. The first-order valence-electron chi connectivity index (χ1n) is 11.5. The Kier molecular flexibility index (Phi) is 4.96. The van der Waals surface area contributed by atoms with E-state index in [9.17, 15) is 4.39 Å². The van der Waals surface area contributed by atoms with Crippen LogP contribution < -0.4 is 4.57 Å². The molecule has 2 aromatic heterocycles. The lowest BCUT2D eigenvalue weighted by atomic mass is 9.97. The molecule has 0 fully saturated rings. The minimum Gasteiger partial charge on any atom is -0.454 e. The van der Waals surface area contributed by atoms with Crippen LogP contribution in [0.3, 0.4) is 0 Å². The SMILES string of the molecule is Cc1ccc2c(oc3c(-c4ccc(-c5ccccc5)cc4)c(F)ccc32)c1-c1cc(F)cc[n+]1C. The molecular weight excluding hydrogens is 440 g/mol. The van der Waals surface area contributed by atoms with Gasteiger partial charge in [0, 0.05) is 22.9 Å². The number of halogens is 2. The number of rotatable bonds is 3. The minimum absolute atomic E-state index is 0.323. The number of hydrogen-bond acceptors (Lipinski definition) is 1. The Morgan fingerprint density at radius 1 is 0.657 bits per heavy atom. The molecule has 35 heavy (non-hydrogen) atoms. The number of aryl methyl sites for hydroxylation is 2. The first-order chi connectivity index (χ1) is 17.0. The highest BCUT2D eigenvalue weighted by atomic mass is 19.1. The first kappa shape index (κ1) is 21.2. The molecule has 0 saturated heterocycles. The van der Waals surface area contributed by atoms with Gasteiger partial charge >= 0.3 is 0 Å². The zero-order valence-corrected chi connectivity index (χ0v) is 19.3. The summed E-state index contributed by atoms with van der Waals surface area (Å²) in [5.74, 6) is -0.672. The monoisotopic (exact) mass is 462 g/mol. The Bertz CT molecular complexity index is 1720. The van der Waals surface area contributed by atoms with Gasteiger partial charge in [0.05, 0.1) is 11.1 Å². The van der Waals surface area contributed by atoms with Gasteiger partial charge in [0.15, 0.2) is 6.20 Å². The Balaban J connectivity index is 1.59. The molecule has 4 heteroatoms. The van der Waals surface area contributed by atoms with E-state index in [1.165, 1.54) is 18.2 Å². The van der Waals surface area contributed by atoms with E-state index < -0.39 is 0 Å². The summed E-state index contributed by atoms with van der Waals surface area (Å²) < 4.78 is 37.7. The van der Waals surface area contributed by atoms with Gasteiger partial charge in [0.2, 0.25) is 5.69 Å². The summed E-state index contributed by atoms with van der Waals surface area (Å²) in [5, 5.41) is 1.69. The molecule has 0 atom stereocenters. The second-order valence-electron chi connectivity index (χ2n) is 8.82. The number of hydrogen-bond donors (Lipinski definition) is 0. The average Bonchev–Trinajstić information content (AvgIpc) is 3.24. The van der Waals surface area contributed by atoms with Crippen molar-refractivity contribution < 1.29 is 17.8 Å². The molecule has 0 N–H and O–H groups in total. The fourth-order valence-electron chi connectivity index (χ4n) is 4.82. The van der Waals surface area contributed by atoms with Crippen LogP contribution in [-0.2, 0) is 7.05 Å². The molecule has 6 aromatic rings. The van der Waals surface area contributed by atoms with Crippen LogP contribution >= 0.6 is 0 Å². The van der Waals surface area contributed by atoms with Crippen molar-refractivity contribution in [3.63, 3.8) is 0 Å². The molecule has 2 nitrogen and oxygen atoms in total. The highest BCUT2D eigenvalue weighted by Crippen LogP contribution is 2.41. The predicted molar refractivity (Wildman–Crippen MR) is 136 cm³/mol. The summed E-state index contributed by atoms with van der Waals surface area (Å²) in [5.41, 5.74) is 6.87. The van der Waals surface area contributed by atoms with Gasteiger partial charge in [-0.3, -0.25) is 0 Å². The maximum Gasteiger partial charge on any atom is 0.219 e. The van der Waals surface area contributed by atoms with Gasteiger partial charge in [-0.05, 0) is 41.3 Å². The van der Waals surface area contributed by atoms with Crippen LogP contribution in [0.1, 0.15) is 5.56 Å². The lowest BCUT2D eigenvalue weighted by Crippen LogP contribution is -2.30. The second-order valence-corrected chi connectivity index (χ2v) is 8.82. The maximum atomic E-state index is 15.3. The van der Waals surface area contributed by atoms with Gasteiger partial charge in [-0.25, -0.2) is 13.3 Å². The summed E-state index contributed by atoms with van der Waals surface area (Å²) >= 11 is 0. The third-order valence-corrected chi connectivity index (χ3v) is 6.62. The van der Waals surface area contributed by atoms with Crippen molar-refractivity contribution in [2.75, 3.05) is 0 Å². The Morgan fingerprint density at radius 2 is 1.29 bits per heavy atom. The fraction of sp³-hybridized carbons (Fsp3) is 0.0645. The van der Waals surface area contributed by atoms with E-state index in [1.807, 2.05) is 85.3 Å². The van der Waals surface area contributed by atoms with Gasteiger partial charge in [-0.15, -0.1) is 0 Å². The molecule has 0 spiro atoms. The Labute approximate surface area is 201 Å². The molecule has 0 saturated carbocycles. The molecule has 0 aliphatic heterocycles. The highest BCUT2D eigenvalue weighted by molar-refractivity contribution is 6.13. The number of furan rings is 1. The van der Waals surface area contributed by atoms with E-state index in [1.54, 1.807) is 12.3 Å². The van der Waals surface area contributed by atoms with Crippen molar-refractivity contribution in [3.8, 4) is 33.5 Å². The largest absolute Gasteiger partial charge is 0.454 e. The second kappa shape index (κ2) is 8.17. The molecule has 0 aliphatic carbocycles. The molecule has 0 bridgehead atoms. The third kappa shape index (κ3) is 3.50. The zero-order valence-electron chi connectivity index (χ0n) is 19.3. The number of aromatic nitrogens is 1. The quantitative estimate of drug-likeness (QED) is 0.244. The first-order valence-corrected chi connectivity index (χ1v) is 11.5.